The lowest BCUT2D eigenvalue weighted by Crippen LogP contribution is -2.72. The van der Waals surface area contributed by atoms with E-state index in [0.717, 1.165) is 11.1 Å². The highest BCUT2D eigenvalue weighted by molar-refractivity contribution is 5.81. The van der Waals surface area contributed by atoms with Gasteiger partial charge in [0.05, 0.1) is 18.1 Å². The molecule has 1 spiro atoms. The van der Waals surface area contributed by atoms with Gasteiger partial charge in [-0.05, 0) is 65.4 Å². The van der Waals surface area contributed by atoms with Gasteiger partial charge in [0.25, 0.3) is 0 Å². The van der Waals surface area contributed by atoms with E-state index in [1.165, 1.54) is 13.8 Å². The largest absolute Gasteiger partial charge is 0.504 e. The summed E-state index contributed by atoms with van der Waals surface area (Å²) in [5.74, 6) is -1.48. The van der Waals surface area contributed by atoms with E-state index < -0.39 is 41.1 Å². The molecule has 1 saturated heterocycles. The molecule has 6 atom stereocenters. The molecule has 186 valence electrons. The number of carbonyl (C=O) groups excluding carboxylic acids is 2. The van der Waals surface area contributed by atoms with Gasteiger partial charge in [-0.25, -0.2) is 9.59 Å². The number of hydrogen-bond acceptors (Lipinski definition) is 9. The number of likely N-dealkylation sites (tertiary alicyclic amines) is 1. The minimum absolute atomic E-state index is 0.00844. The van der Waals surface area contributed by atoms with Gasteiger partial charge in [0.15, 0.2) is 17.6 Å². The second-order valence-electron chi connectivity index (χ2n) is 9.76. The highest BCUT2D eigenvalue weighted by Crippen LogP contribution is 2.62. The number of aliphatic hydroxyl groups is 2. The zero-order valence-corrected chi connectivity index (χ0v) is 20.2. The summed E-state index contributed by atoms with van der Waals surface area (Å²) < 4.78 is 16.7. The molecule has 2 heterocycles. The summed E-state index contributed by atoms with van der Waals surface area (Å²) in [4.78, 5) is 26.6. The first-order chi connectivity index (χ1) is 15.9. The molecule has 9 heteroatoms. The first-order valence-corrected chi connectivity index (χ1v) is 11.6. The van der Waals surface area contributed by atoms with E-state index in [9.17, 15) is 24.9 Å². The van der Waals surface area contributed by atoms with Crippen LogP contribution in [0.25, 0.3) is 0 Å². The quantitative estimate of drug-likeness (QED) is 0.556. The van der Waals surface area contributed by atoms with Crippen LogP contribution in [-0.2, 0) is 24.5 Å². The average molecular weight is 476 g/mol. The van der Waals surface area contributed by atoms with Gasteiger partial charge in [-0.2, -0.15) is 0 Å². The van der Waals surface area contributed by atoms with Crippen molar-refractivity contribution in [3.8, 4) is 11.5 Å². The summed E-state index contributed by atoms with van der Waals surface area (Å²) in [7, 11) is 1.97. The van der Waals surface area contributed by atoms with Gasteiger partial charge < -0.3 is 34.4 Å². The van der Waals surface area contributed by atoms with Gasteiger partial charge in [0, 0.05) is 23.4 Å². The number of likely N-dealkylation sites (N-methyl/N-ethyl adjacent to an activating group) is 1. The summed E-state index contributed by atoms with van der Waals surface area (Å²) in [5.41, 5.74) is -0.456. The van der Waals surface area contributed by atoms with Crippen LogP contribution in [0.4, 0.5) is 0 Å². The third-order valence-corrected chi connectivity index (χ3v) is 7.91. The Bertz CT molecular complexity index is 1040. The summed E-state index contributed by atoms with van der Waals surface area (Å²) in [6.45, 7) is 7.33. The molecule has 1 aromatic carbocycles. The number of benzene rings is 1. The normalized spacial score (nSPS) is 32.1. The Kier molecular flexibility index (Phi) is 6.16. The molecule has 3 N–H and O–H groups in total. The monoisotopic (exact) mass is 475 g/mol. The maximum atomic E-state index is 12.8. The van der Waals surface area contributed by atoms with E-state index in [0.29, 0.717) is 24.5 Å². The van der Waals surface area contributed by atoms with Crippen LogP contribution in [0.1, 0.15) is 44.7 Å². The van der Waals surface area contributed by atoms with E-state index in [1.807, 2.05) is 20.9 Å². The maximum Gasteiger partial charge on any atom is 0.352 e. The summed E-state index contributed by atoms with van der Waals surface area (Å²) >= 11 is 0. The molecule has 0 radical (unpaired) electrons. The fourth-order valence-corrected chi connectivity index (χ4v) is 5.88. The van der Waals surface area contributed by atoms with Crippen molar-refractivity contribution < 1.29 is 39.1 Å². The molecule has 9 nitrogen and oxygen atoms in total. The van der Waals surface area contributed by atoms with Gasteiger partial charge in [-0.1, -0.05) is 6.07 Å². The molecular weight excluding hydrogens is 442 g/mol. The van der Waals surface area contributed by atoms with E-state index in [4.69, 9.17) is 14.2 Å². The van der Waals surface area contributed by atoms with Crippen molar-refractivity contribution in [2.75, 3.05) is 20.2 Å². The maximum absolute atomic E-state index is 12.8. The number of ether oxygens (including phenoxy) is 3. The predicted molar refractivity (Wildman–Crippen MR) is 121 cm³/mol. The van der Waals surface area contributed by atoms with Crippen LogP contribution in [0, 0.1) is 12.8 Å². The molecule has 0 unspecified atom stereocenters. The molecule has 34 heavy (non-hydrogen) atoms. The van der Waals surface area contributed by atoms with Crippen molar-refractivity contribution in [1.82, 2.24) is 4.90 Å². The van der Waals surface area contributed by atoms with Crippen LogP contribution in [-0.4, -0.2) is 76.2 Å². The van der Waals surface area contributed by atoms with E-state index in [2.05, 4.69) is 4.90 Å². The first kappa shape index (κ1) is 24.5. The molecule has 0 amide bonds. The number of aromatic hydroxyl groups is 1. The summed E-state index contributed by atoms with van der Waals surface area (Å²) in [5, 5.41) is 32.2. The number of fused-ring (bicyclic) bond motifs is 1. The van der Waals surface area contributed by atoms with Crippen LogP contribution in [0.3, 0.4) is 0 Å². The highest BCUT2D eigenvalue weighted by Gasteiger charge is 2.66. The van der Waals surface area contributed by atoms with Crippen molar-refractivity contribution >= 4 is 11.9 Å². The Morgan fingerprint density at radius 2 is 1.97 bits per heavy atom. The van der Waals surface area contributed by atoms with Gasteiger partial charge >= 0.3 is 11.9 Å². The molecular formula is C25H33NO8. The molecule has 4 rings (SSSR count). The average Bonchev–Trinajstić information content (AvgIpc) is 2.79. The molecule has 1 aromatic rings. The third-order valence-electron chi connectivity index (χ3n) is 7.91. The summed E-state index contributed by atoms with van der Waals surface area (Å²) in [6, 6.07) is 3.18. The predicted octanol–water partition coefficient (Wildman–Crippen LogP) is 1.55. The number of nitrogens with zero attached hydrogens (tertiary/aromatic N) is 1. The third kappa shape index (κ3) is 3.49. The van der Waals surface area contributed by atoms with Crippen LogP contribution in [0.5, 0.6) is 11.5 Å². The number of piperidine rings is 1. The minimum Gasteiger partial charge on any atom is -0.504 e. The van der Waals surface area contributed by atoms with Crippen LogP contribution >= 0.6 is 0 Å². The second-order valence-corrected chi connectivity index (χ2v) is 9.76. The standard InChI is InChI=1S/C25H33NO8/c1-13-6-7-18(28)21-20(13)24-10-11-26(5)16(4)25(24,31)9-8-19(17(24)12-32-21)34-23(30)15(3)33-22(29)14(2)27/h6-8,14-17,27-28,31H,9-12H2,1-5H3/t14-,15-,16+,17-,24+,25+/m0/s1. The van der Waals surface area contributed by atoms with Crippen molar-refractivity contribution in [3.05, 3.63) is 35.1 Å². The van der Waals surface area contributed by atoms with Crippen molar-refractivity contribution in [2.45, 2.75) is 69.8 Å². The lowest BCUT2D eigenvalue weighted by atomic mass is 9.49. The van der Waals surface area contributed by atoms with E-state index in [1.54, 1.807) is 18.2 Å². The second kappa shape index (κ2) is 8.55. The lowest BCUT2D eigenvalue weighted by Gasteiger charge is -2.63. The number of aliphatic hydroxyl groups excluding tert-OH is 1. The first-order valence-electron chi connectivity index (χ1n) is 11.6. The smallest absolute Gasteiger partial charge is 0.352 e. The fraction of sp³-hybridized carbons (Fsp3) is 0.600. The van der Waals surface area contributed by atoms with Crippen LogP contribution in [0.2, 0.25) is 0 Å². The molecule has 0 saturated carbocycles. The number of phenols is 1. The Labute approximate surface area is 198 Å². The molecule has 3 aliphatic rings. The molecule has 0 aromatic heterocycles. The highest BCUT2D eigenvalue weighted by atomic mass is 16.6. The van der Waals surface area contributed by atoms with Gasteiger partial charge in [-0.3, -0.25) is 0 Å². The van der Waals surface area contributed by atoms with Gasteiger partial charge in [0.1, 0.15) is 11.9 Å². The minimum atomic E-state index is -1.36. The molecule has 0 bridgehead atoms. The Morgan fingerprint density at radius 3 is 2.65 bits per heavy atom. The van der Waals surface area contributed by atoms with Crippen molar-refractivity contribution in [1.29, 1.82) is 0 Å². The zero-order chi connectivity index (χ0) is 25.0. The van der Waals surface area contributed by atoms with Crippen molar-refractivity contribution in [3.63, 3.8) is 0 Å². The van der Waals surface area contributed by atoms with Crippen molar-refractivity contribution in [2.24, 2.45) is 5.92 Å². The number of carbonyl (C=O) groups is 2. The number of aryl methyl sites for hydroxylation is 1. The Balaban J connectivity index is 1.77. The van der Waals surface area contributed by atoms with Gasteiger partial charge in [0.2, 0.25) is 0 Å². The molecule has 2 aliphatic heterocycles. The topological polar surface area (TPSA) is 126 Å². The number of phenolic OH excluding ortho intramolecular Hbond substituents is 1. The summed E-state index contributed by atoms with van der Waals surface area (Å²) in [6.07, 6.45) is -0.0714. The van der Waals surface area contributed by atoms with E-state index >= 15 is 0 Å². The van der Waals surface area contributed by atoms with Crippen LogP contribution in [0.15, 0.2) is 24.0 Å². The molecule has 1 fully saturated rings. The Hall–Kier alpha value is -2.62. The fourth-order valence-electron chi connectivity index (χ4n) is 5.88. The number of hydrogen-bond donors (Lipinski definition) is 3. The molecule has 1 aliphatic carbocycles. The van der Waals surface area contributed by atoms with Gasteiger partial charge in [-0.15, -0.1) is 0 Å². The zero-order valence-electron chi connectivity index (χ0n) is 20.2. The SMILES string of the molecule is Cc1ccc(O)c2c1[C@]13CCN(C)[C@H](C)[C@]1(O)CC=C(OC(=O)[C@H](C)OC(=O)[C@H](C)O)[C@@H]3CO2. The van der Waals surface area contributed by atoms with E-state index in [-0.39, 0.29) is 24.8 Å². The number of rotatable bonds is 4. The lowest BCUT2D eigenvalue weighted by molar-refractivity contribution is -0.177. The Morgan fingerprint density at radius 1 is 1.26 bits per heavy atom. The number of esters is 2. The van der Waals surface area contributed by atoms with Crippen LogP contribution < -0.4 is 4.74 Å².